The summed E-state index contributed by atoms with van der Waals surface area (Å²) in [5.74, 6) is 1.47. The zero-order chi connectivity index (χ0) is 16.4. The van der Waals surface area contributed by atoms with Gasteiger partial charge in [-0.1, -0.05) is 30.0 Å². The average molecular weight is 327 g/mol. The van der Waals surface area contributed by atoms with E-state index in [9.17, 15) is 4.79 Å². The Kier molecular flexibility index (Phi) is 4.34. The van der Waals surface area contributed by atoms with Gasteiger partial charge in [-0.05, 0) is 31.0 Å². The molecule has 3 aromatic rings. The predicted octanol–water partition coefficient (Wildman–Crippen LogP) is 3.48. The SMILES string of the molecule is C=CCn1c(C)nnc1SCc1cc(=O)oc2cc(C)ccc12. The molecule has 1 aromatic carbocycles. The maximum Gasteiger partial charge on any atom is 0.336 e. The van der Waals surface area contributed by atoms with Gasteiger partial charge in [-0.25, -0.2) is 4.79 Å². The van der Waals surface area contributed by atoms with E-state index in [0.717, 1.165) is 27.5 Å². The van der Waals surface area contributed by atoms with Crippen molar-refractivity contribution in [2.45, 2.75) is 31.3 Å². The lowest BCUT2D eigenvalue weighted by Gasteiger charge is -2.07. The van der Waals surface area contributed by atoms with Gasteiger partial charge in [-0.15, -0.1) is 16.8 Å². The molecule has 23 heavy (non-hydrogen) atoms. The van der Waals surface area contributed by atoms with Crippen LogP contribution >= 0.6 is 11.8 Å². The van der Waals surface area contributed by atoms with Crippen LogP contribution in [0.15, 0.2) is 51.3 Å². The van der Waals surface area contributed by atoms with Crippen molar-refractivity contribution in [2.24, 2.45) is 0 Å². The zero-order valence-electron chi connectivity index (χ0n) is 13.1. The Balaban J connectivity index is 1.93. The third-order valence-corrected chi connectivity index (χ3v) is 4.57. The molecule has 2 aromatic heterocycles. The number of aryl methyl sites for hydroxylation is 2. The van der Waals surface area contributed by atoms with Crippen molar-refractivity contribution < 1.29 is 4.42 Å². The second kappa shape index (κ2) is 6.42. The molecule has 0 atom stereocenters. The van der Waals surface area contributed by atoms with Crippen molar-refractivity contribution in [1.29, 1.82) is 0 Å². The molecule has 0 aliphatic rings. The number of thioether (sulfide) groups is 1. The van der Waals surface area contributed by atoms with Gasteiger partial charge in [0, 0.05) is 23.8 Å². The second-order valence-electron chi connectivity index (χ2n) is 5.31. The van der Waals surface area contributed by atoms with Crippen LogP contribution in [-0.4, -0.2) is 14.8 Å². The zero-order valence-corrected chi connectivity index (χ0v) is 13.9. The topological polar surface area (TPSA) is 60.9 Å². The number of aromatic nitrogens is 3. The fraction of sp³-hybridized carbons (Fsp3) is 0.235. The molecule has 5 nitrogen and oxygen atoms in total. The maximum atomic E-state index is 11.8. The van der Waals surface area contributed by atoms with Crippen LogP contribution in [0.1, 0.15) is 17.0 Å². The molecule has 0 radical (unpaired) electrons. The molecule has 0 aliphatic heterocycles. The minimum absolute atomic E-state index is 0.331. The molecule has 118 valence electrons. The van der Waals surface area contributed by atoms with Crippen LogP contribution in [0.5, 0.6) is 0 Å². The molecule has 0 spiro atoms. The van der Waals surface area contributed by atoms with Crippen LogP contribution < -0.4 is 5.63 Å². The van der Waals surface area contributed by atoms with Crippen molar-refractivity contribution in [3.8, 4) is 0 Å². The molecule has 3 rings (SSSR count). The summed E-state index contributed by atoms with van der Waals surface area (Å²) in [6, 6.07) is 7.44. The molecule has 0 fully saturated rings. The Morgan fingerprint density at radius 3 is 2.91 bits per heavy atom. The lowest BCUT2D eigenvalue weighted by atomic mass is 10.1. The van der Waals surface area contributed by atoms with E-state index in [0.29, 0.717) is 17.9 Å². The Morgan fingerprint density at radius 1 is 1.30 bits per heavy atom. The number of benzene rings is 1. The fourth-order valence-corrected chi connectivity index (χ4v) is 3.39. The van der Waals surface area contributed by atoms with E-state index in [1.165, 1.54) is 0 Å². The van der Waals surface area contributed by atoms with Gasteiger partial charge in [0.15, 0.2) is 5.16 Å². The van der Waals surface area contributed by atoms with Crippen molar-refractivity contribution in [3.63, 3.8) is 0 Å². The smallest absolute Gasteiger partial charge is 0.336 e. The summed E-state index contributed by atoms with van der Waals surface area (Å²) in [7, 11) is 0. The van der Waals surface area contributed by atoms with Gasteiger partial charge in [0.25, 0.3) is 0 Å². The largest absolute Gasteiger partial charge is 0.423 e. The van der Waals surface area contributed by atoms with E-state index < -0.39 is 0 Å². The van der Waals surface area contributed by atoms with Gasteiger partial charge >= 0.3 is 5.63 Å². The first-order chi connectivity index (χ1) is 11.1. The van der Waals surface area contributed by atoms with Crippen LogP contribution in [0.25, 0.3) is 11.0 Å². The van der Waals surface area contributed by atoms with Gasteiger partial charge in [-0.2, -0.15) is 0 Å². The van der Waals surface area contributed by atoms with Gasteiger partial charge in [0.2, 0.25) is 0 Å². The fourth-order valence-electron chi connectivity index (χ4n) is 2.41. The third-order valence-electron chi connectivity index (χ3n) is 3.56. The van der Waals surface area contributed by atoms with Crippen molar-refractivity contribution in [3.05, 3.63) is 64.3 Å². The predicted molar refractivity (Wildman–Crippen MR) is 91.7 cm³/mol. The van der Waals surface area contributed by atoms with Gasteiger partial charge in [-0.3, -0.25) is 0 Å². The van der Waals surface area contributed by atoms with Crippen LogP contribution in [0.4, 0.5) is 0 Å². The summed E-state index contributed by atoms with van der Waals surface area (Å²) in [5.41, 5.74) is 2.29. The van der Waals surface area contributed by atoms with Crippen LogP contribution in [0.2, 0.25) is 0 Å². The second-order valence-corrected chi connectivity index (χ2v) is 6.25. The number of fused-ring (bicyclic) bond motifs is 1. The number of allylic oxidation sites excluding steroid dienone is 1. The summed E-state index contributed by atoms with van der Waals surface area (Å²) in [5, 5.41) is 10.1. The summed E-state index contributed by atoms with van der Waals surface area (Å²) < 4.78 is 7.29. The highest BCUT2D eigenvalue weighted by molar-refractivity contribution is 7.98. The van der Waals surface area contributed by atoms with Gasteiger partial charge in [0.1, 0.15) is 11.4 Å². The quantitative estimate of drug-likeness (QED) is 0.408. The highest BCUT2D eigenvalue weighted by Gasteiger charge is 2.11. The summed E-state index contributed by atoms with van der Waals surface area (Å²) >= 11 is 1.55. The number of nitrogens with zero attached hydrogens (tertiary/aromatic N) is 3. The average Bonchev–Trinajstić information content (AvgIpc) is 2.85. The molecular formula is C17H17N3O2S. The van der Waals surface area contributed by atoms with Crippen molar-refractivity contribution in [2.75, 3.05) is 0 Å². The molecule has 6 heteroatoms. The van der Waals surface area contributed by atoms with E-state index in [1.54, 1.807) is 17.8 Å². The first kappa shape index (κ1) is 15.6. The minimum atomic E-state index is -0.331. The molecular weight excluding hydrogens is 310 g/mol. The summed E-state index contributed by atoms with van der Waals surface area (Å²) in [6.45, 7) is 8.31. The van der Waals surface area contributed by atoms with E-state index >= 15 is 0 Å². The Hall–Kier alpha value is -2.34. The molecule has 0 bridgehead atoms. The Labute approximate surface area is 138 Å². The lowest BCUT2D eigenvalue weighted by Crippen LogP contribution is -2.02. The van der Waals surface area contributed by atoms with Crippen LogP contribution in [0.3, 0.4) is 0 Å². The number of rotatable bonds is 5. The third kappa shape index (κ3) is 3.22. The van der Waals surface area contributed by atoms with Gasteiger partial charge < -0.3 is 8.98 Å². The van der Waals surface area contributed by atoms with Gasteiger partial charge in [0.05, 0.1) is 0 Å². The van der Waals surface area contributed by atoms with Crippen molar-refractivity contribution in [1.82, 2.24) is 14.8 Å². The maximum absolute atomic E-state index is 11.8. The van der Waals surface area contributed by atoms with Crippen LogP contribution in [0, 0.1) is 13.8 Å². The standard InChI is InChI=1S/C17H17N3O2S/c1-4-7-20-12(3)18-19-17(20)23-10-13-9-16(21)22-15-8-11(2)5-6-14(13)15/h4-6,8-9H,1,7,10H2,2-3H3. The molecule has 0 N–H and O–H groups in total. The highest BCUT2D eigenvalue weighted by atomic mass is 32.2. The lowest BCUT2D eigenvalue weighted by molar-refractivity contribution is 0.559. The molecule has 0 unspecified atom stereocenters. The Bertz CT molecular complexity index is 927. The van der Waals surface area contributed by atoms with E-state index in [4.69, 9.17) is 4.42 Å². The normalized spacial score (nSPS) is 11.0. The van der Waals surface area contributed by atoms with E-state index in [1.807, 2.05) is 42.7 Å². The van der Waals surface area contributed by atoms with Crippen molar-refractivity contribution >= 4 is 22.7 Å². The molecule has 0 saturated carbocycles. The summed E-state index contributed by atoms with van der Waals surface area (Å²) in [4.78, 5) is 11.8. The molecule has 0 saturated heterocycles. The molecule has 0 amide bonds. The minimum Gasteiger partial charge on any atom is -0.423 e. The number of hydrogen-bond donors (Lipinski definition) is 0. The molecule has 0 aliphatic carbocycles. The van der Waals surface area contributed by atoms with Crippen LogP contribution in [-0.2, 0) is 12.3 Å². The number of hydrogen-bond acceptors (Lipinski definition) is 5. The highest BCUT2D eigenvalue weighted by Crippen LogP contribution is 2.26. The Morgan fingerprint density at radius 2 is 2.13 bits per heavy atom. The first-order valence-electron chi connectivity index (χ1n) is 7.25. The first-order valence-corrected chi connectivity index (χ1v) is 8.24. The van der Waals surface area contributed by atoms with E-state index in [-0.39, 0.29) is 5.63 Å². The monoisotopic (exact) mass is 327 g/mol. The summed E-state index contributed by atoms with van der Waals surface area (Å²) in [6.07, 6.45) is 1.82. The molecule has 2 heterocycles. The van der Waals surface area contributed by atoms with E-state index in [2.05, 4.69) is 16.8 Å².